The molecule has 1 atom stereocenters. The van der Waals surface area contributed by atoms with Crippen LogP contribution >= 0.6 is 0 Å². The van der Waals surface area contributed by atoms with Crippen molar-refractivity contribution in [2.45, 2.75) is 13.0 Å². The first-order valence-electron chi connectivity index (χ1n) is 5.32. The first-order valence-corrected chi connectivity index (χ1v) is 5.32. The molecule has 0 aromatic carbocycles. The second-order valence-corrected chi connectivity index (χ2v) is 3.75. The second-order valence-electron chi connectivity index (χ2n) is 3.75. The fourth-order valence-electron chi connectivity index (χ4n) is 1.75. The zero-order valence-electron chi connectivity index (χ0n) is 8.65. The van der Waals surface area contributed by atoms with Gasteiger partial charge in [-0.05, 0) is 19.0 Å². The second kappa shape index (κ2) is 4.93. The quantitative estimate of drug-likeness (QED) is 0.708. The number of hydrogen-bond donors (Lipinski definition) is 2. The van der Waals surface area contributed by atoms with E-state index in [4.69, 9.17) is 0 Å². The normalized spacial score (nSPS) is 20.4. The van der Waals surface area contributed by atoms with Crippen molar-refractivity contribution < 1.29 is 4.79 Å². The Kier molecular flexibility index (Phi) is 3.34. The first-order chi connectivity index (χ1) is 7.36. The van der Waals surface area contributed by atoms with Gasteiger partial charge in [0.1, 0.15) is 0 Å². The van der Waals surface area contributed by atoms with E-state index in [1.165, 1.54) is 0 Å². The Morgan fingerprint density at radius 3 is 3.27 bits per heavy atom. The number of rotatable bonds is 4. The van der Waals surface area contributed by atoms with Crippen LogP contribution in [-0.4, -0.2) is 35.3 Å². The summed E-state index contributed by atoms with van der Waals surface area (Å²) in [6.07, 6.45) is 4.58. The zero-order chi connectivity index (χ0) is 10.5. The Hall–Kier alpha value is -1.36. The third-order valence-electron chi connectivity index (χ3n) is 2.63. The molecule has 1 aromatic rings. The van der Waals surface area contributed by atoms with Crippen molar-refractivity contribution in [3.05, 3.63) is 18.5 Å². The van der Waals surface area contributed by atoms with Crippen molar-refractivity contribution in [2.24, 2.45) is 5.92 Å². The van der Waals surface area contributed by atoms with Crippen LogP contribution in [0.4, 0.5) is 0 Å². The molecule has 1 unspecified atom stereocenters. The van der Waals surface area contributed by atoms with Gasteiger partial charge in [0.2, 0.25) is 5.91 Å². The molecule has 1 fully saturated rings. The molecule has 1 aromatic heterocycles. The Balaban J connectivity index is 1.67. The van der Waals surface area contributed by atoms with Crippen LogP contribution in [-0.2, 0) is 11.3 Å². The van der Waals surface area contributed by atoms with Crippen molar-refractivity contribution in [3.8, 4) is 0 Å². The zero-order valence-corrected chi connectivity index (χ0v) is 8.65. The Labute approximate surface area is 88.8 Å². The average molecular weight is 208 g/mol. The van der Waals surface area contributed by atoms with E-state index in [1.807, 2.05) is 16.9 Å². The molecule has 0 saturated carbocycles. The Bertz CT molecular complexity index is 303. The number of carbonyl (C=O) groups excluding carboxylic acids is 1. The van der Waals surface area contributed by atoms with E-state index in [1.54, 1.807) is 6.20 Å². The van der Waals surface area contributed by atoms with Gasteiger partial charge in [-0.15, -0.1) is 0 Å². The monoisotopic (exact) mass is 208 g/mol. The largest absolute Gasteiger partial charge is 0.354 e. The highest BCUT2D eigenvalue weighted by Gasteiger charge is 2.21. The van der Waals surface area contributed by atoms with Crippen molar-refractivity contribution in [2.75, 3.05) is 19.6 Å². The fourth-order valence-corrected chi connectivity index (χ4v) is 1.75. The predicted molar refractivity (Wildman–Crippen MR) is 56.2 cm³/mol. The van der Waals surface area contributed by atoms with Gasteiger partial charge in [-0.2, -0.15) is 5.10 Å². The van der Waals surface area contributed by atoms with E-state index in [0.717, 1.165) is 26.1 Å². The van der Waals surface area contributed by atoms with Crippen molar-refractivity contribution in [1.29, 1.82) is 0 Å². The van der Waals surface area contributed by atoms with E-state index in [-0.39, 0.29) is 11.8 Å². The average Bonchev–Trinajstić information content (AvgIpc) is 2.90. The molecule has 0 aliphatic carbocycles. The minimum atomic E-state index is 0.155. The SMILES string of the molecule is O=C(NCCn1cccn1)C1CCNC1. The molecule has 2 N–H and O–H groups in total. The van der Waals surface area contributed by atoms with E-state index in [9.17, 15) is 4.79 Å². The topological polar surface area (TPSA) is 59.0 Å². The summed E-state index contributed by atoms with van der Waals surface area (Å²) >= 11 is 0. The minimum absolute atomic E-state index is 0.155. The first kappa shape index (κ1) is 10.2. The van der Waals surface area contributed by atoms with Gasteiger partial charge in [0.25, 0.3) is 0 Å². The van der Waals surface area contributed by atoms with Gasteiger partial charge < -0.3 is 10.6 Å². The molecule has 0 radical (unpaired) electrons. The van der Waals surface area contributed by atoms with Crippen LogP contribution in [0.15, 0.2) is 18.5 Å². The smallest absolute Gasteiger partial charge is 0.224 e. The van der Waals surface area contributed by atoms with Crippen LogP contribution < -0.4 is 10.6 Å². The van der Waals surface area contributed by atoms with Gasteiger partial charge in [-0.25, -0.2) is 0 Å². The number of amides is 1. The fraction of sp³-hybridized carbons (Fsp3) is 0.600. The molecule has 1 amide bonds. The Morgan fingerprint density at radius 2 is 2.60 bits per heavy atom. The molecule has 1 aliphatic rings. The number of aromatic nitrogens is 2. The molecule has 2 heterocycles. The lowest BCUT2D eigenvalue weighted by Crippen LogP contribution is -2.34. The summed E-state index contributed by atoms with van der Waals surface area (Å²) in [6.45, 7) is 3.15. The van der Waals surface area contributed by atoms with E-state index in [0.29, 0.717) is 6.54 Å². The summed E-state index contributed by atoms with van der Waals surface area (Å²) < 4.78 is 1.81. The number of nitrogens with one attached hydrogen (secondary N) is 2. The summed E-state index contributed by atoms with van der Waals surface area (Å²) in [5.74, 6) is 0.315. The van der Waals surface area contributed by atoms with Gasteiger partial charge in [-0.1, -0.05) is 0 Å². The molecule has 15 heavy (non-hydrogen) atoms. The molecule has 1 aliphatic heterocycles. The van der Waals surface area contributed by atoms with Gasteiger partial charge in [-0.3, -0.25) is 9.48 Å². The van der Waals surface area contributed by atoms with Crippen molar-refractivity contribution in [1.82, 2.24) is 20.4 Å². The van der Waals surface area contributed by atoms with E-state index in [2.05, 4.69) is 15.7 Å². The van der Waals surface area contributed by atoms with Crippen LogP contribution in [0.3, 0.4) is 0 Å². The lowest BCUT2D eigenvalue weighted by molar-refractivity contribution is -0.124. The molecular formula is C10H16N4O. The summed E-state index contributed by atoms with van der Waals surface area (Å²) in [4.78, 5) is 11.6. The third-order valence-corrected chi connectivity index (χ3v) is 2.63. The maximum atomic E-state index is 11.6. The molecule has 5 heteroatoms. The maximum absolute atomic E-state index is 11.6. The third kappa shape index (κ3) is 2.79. The Morgan fingerprint density at radius 1 is 1.67 bits per heavy atom. The molecule has 5 nitrogen and oxygen atoms in total. The molecule has 0 bridgehead atoms. The van der Waals surface area contributed by atoms with Crippen LogP contribution in [0.25, 0.3) is 0 Å². The van der Waals surface area contributed by atoms with Gasteiger partial charge in [0.15, 0.2) is 0 Å². The minimum Gasteiger partial charge on any atom is -0.354 e. The number of carbonyl (C=O) groups is 1. The van der Waals surface area contributed by atoms with E-state index < -0.39 is 0 Å². The molecule has 0 spiro atoms. The van der Waals surface area contributed by atoms with Gasteiger partial charge >= 0.3 is 0 Å². The highest BCUT2D eigenvalue weighted by atomic mass is 16.1. The standard InChI is InChI=1S/C10H16N4O/c15-10(9-2-4-11-8-9)12-5-7-14-6-1-3-13-14/h1,3,6,9,11H,2,4-5,7-8H2,(H,12,15). The lowest BCUT2D eigenvalue weighted by atomic mass is 10.1. The highest BCUT2D eigenvalue weighted by molar-refractivity contribution is 5.79. The van der Waals surface area contributed by atoms with Crippen LogP contribution in [0.2, 0.25) is 0 Å². The van der Waals surface area contributed by atoms with Crippen LogP contribution in [0.5, 0.6) is 0 Å². The van der Waals surface area contributed by atoms with Crippen LogP contribution in [0.1, 0.15) is 6.42 Å². The van der Waals surface area contributed by atoms with Gasteiger partial charge in [0, 0.05) is 25.5 Å². The van der Waals surface area contributed by atoms with Crippen molar-refractivity contribution >= 4 is 5.91 Å². The van der Waals surface area contributed by atoms with E-state index >= 15 is 0 Å². The van der Waals surface area contributed by atoms with Gasteiger partial charge in [0.05, 0.1) is 12.5 Å². The van der Waals surface area contributed by atoms with Crippen LogP contribution in [0, 0.1) is 5.92 Å². The molecule has 1 saturated heterocycles. The van der Waals surface area contributed by atoms with Crippen molar-refractivity contribution in [3.63, 3.8) is 0 Å². The lowest BCUT2D eigenvalue weighted by Gasteiger charge is -2.09. The molecule has 82 valence electrons. The summed E-state index contributed by atoms with van der Waals surface area (Å²) in [5.41, 5.74) is 0. The maximum Gasteiger partial charge on any atom is 0.224 e. The summed E-state index contributed by atoms with van der Waals surface area (Å²) in [5, 5.41) is 10.2. The highest BCUT2D eigenvalue weighted by Crippen LogP contribution is 2.06. The number of nitrogens with zero attached hydrogens (tertiary/aromatic N) is 2. The number of hydrogen-bond acceptors (Lipinski definition) is 3. The summed E-state index contributed by atoms with van der Waals surface area (Å²) in [6, 6.07) is 1.88. The molecular weight excluding hydrogens is 192 g/mol. The molecule has 2 rings (SSSR count). The summed E-state index contributed by atoms with van der Waals surface area (Å²) in [7, 11) is 0. The predicted octanol–water partition coefficient (Wildman–Crippen LogP) is -0.391.